The molecular formula is C16H23NOS. The summed E-state index contributed by atoms with van der Waals surface area (Å²) in [7, 11) is 0. The highest BCUT2D eigenvalue weighted by atomic mass is 32.2. The third kappa shape index (κ3) is 2.50. The molecule has 0 amide bonds. The van der Waals surface area contributed by atoms with E-state index in [0.29, 0.717) is 16.7 Å². The number of fused-ring (bicyclic) bond motifs is 1. The zero-order chi connectivity index (χ0) is 13.3. The van der Waals surface area contributed by atoms with Crippen molar-refractivity contribution in [2.24, 2.45) is 5.92 Å². The van der Waals surface area contributed by atoms with Crippen LogP contribution in [0.1, 0.15) is 37.8 Å². The molecule has 104 valence electrons. The van der Waals surface area contributed by atoms with Crippen molar-refractivity contribution in [2.75, 3.05) is 19.4 Å². The van der Waals surface area contributed by atoms with E-state index in [1.54, 1.807) is 0 Å². The van der Waals surface area contributed by atoms with Gasteiger partial charge in [-0.15, -0.1) is 0 Å². The topological polar surface area (TPSA) is 21.3 Å². The predicted molar refractivity (Wildman–Crippen MR) is 81.9 cm³/mol. The van der Waals surface area contributed by atoms with Crippen LogP contribution in [0.2, 0.25) is 0 Å². The summed E-state index contributed by atoms with van der Waals surface area (Å²) >= 11 is 2.04. The molecule has 2 nitrogen and oxygen atoms in total. The first kappa shape index (κ1) is 13.3. The minimum Gasteiger partial charge on any atom is -0.493 e. The van der Waals surface area contributed by atoms with E-state index in [9.17, 15) is 0 Å². The van der Waals surface area contributed by atoms with Gasteiger partial charge in [-0.05, 0) is 25.2 Å². The maximum Gasteiger partial charge on any atom is 0.124 e. The summed E-state index contributed by atoms with van der Waals surface area (Å²) in [5.74, 6) is 1.60. The van der Waals surface area contributed by atoms with Gasteiger partial charge in [0.05, 0.1) is 6.61 Å². The summed E-state index contributed by atoms with van der Waals surface area (Å²) in [6.45, 7) is 4.22. The van der Waals surface area contributed by atoms with E-state index in [2.05, 4.69) is 42.8 Å². The lowest BCUT2D eigenvalue weighted by atomic mass is 9.83. The molecule has 1 fully saturated rings. The van der Waals surface area contributed by atoms with Gasteiger partial charge in [0, 0.05) is 28.8 Å². The molecule has 0 aromatic heterocycles. The highest BCUT2D eigenvalue weighted by Crippen LogP contribution is 2.43. The Morgan fingerprint density at radius 3 is 2.84 bits per heavy atom. The van der Waals surface area contributed by atoms with Crippen LogP contribution in [0.5, 0.6) is 5.75 Å². The molecule has 1 aromatic rings. The van der Waals surface area contributed by atoms with Crippen LogP contribution in [0.4, 0.5) is 0 Å². The van der Waals surface area contributed by atoms with Gasteiger partial charge in [-0.1, -0.05) is 31.5 Å². The standard InChI is InChI=1S/C16H23NOS/c1-12-10-18-14-7-4-3-6-13(14)15(12)17-11-16(19-2)8-5-9-16/h3-4,6-7,12,15,17H,5,8-11H2,1-2H3. The van der Waals surface area contributed by atoms with Gasteiger partial charge in [0.25, 0.3) is 0 Å². The van der Waals surface area contributed by atoms with E-state index in [0.717, 1.165) is 18.9 Å². The lowest BCUT2D eigenvalue weighted by molar-refractivity contribution is 0.181. The summed E-state index contributed by atoms with van der Waals surface area (Å²) in [6.07, 6.45) is 6.37. The Balaban J connectivity index is 1.73. The van der Waals surface area contributed by atoms with Crippen LogP contribution in [0.3, 0.4) is 0 Å². The number of benzene rings is 1. The average molecular weight is 277 g/mol. The number of hydrogen-bond donors (Lipinski definition) is 1. The minimum absolute atomic E-state index is 0.439. The number of ether oxygens (including phenoxy) is 1. The largest absolute Gasteiger partial charge is 0.493 e. The molecule has 0 spiro atoms. The summed E-state index contributed by atoms with van der Waals surface area (Å²) in [5, 5.41) is 3.82. The molecular weight excluding hydrogens is 254 g/mol. The zero-order valence-electron chi connectivity index (χ0n) is 11.8. The molecule has 1 saturated carbocycles. The van der Waals surface area contributed by atoms with Crippen molar-refractivity contribution in [3.8, 4) is 5.75 Å². The number of nitrogens with one attached hydrogen (secondary N) is 1. The van der Waals surface area contributed by atoms with E-state index in [1.165, 1.54) is 24.8 Å². The Morgan fingerprint density at radius 2 is 2.16 bits per heavy atom. The minimum atomic E-state index is 0.439. The van der Waals surface area contributed by atoms with Gasteiger partial charge < -0.3 is 10.1 Å². The second-order valence-electron chi connectivity index (χ2n) is 5.93. The van der Waals surface area contributed by atoms with Crippen molar-refractivity contribution < 1.29 is 4.74 Å². The quantitative estimate of drug-likeness (QED) is 0.908. The van der Waals surface area contributed by atoms with E-state index in [1.807, 2.05) is 11.8 Å². The normalized spacial score (nSPS) is 28.1. The average Bonchev–Trinajstić information content (AvgIpc) is 2.40. The second-order valence-corrected chi connectivity index (χ2v) is 7.20. The van der Waals surface area contributed by atoms with Crippen LogP contribution in [0.25, 0.3) is 0 Å². The molecule has 0 saturated heterocycles. The molecule has 2 unspecified atom stereocenters. The third-order valence-corrected chi connectivity index (χ3v) is 6.09. The number of thioether (sulfide) groups is 1. The fraction of sp³-hybridized carbons (Fsp3) is 0.625. The molecule has 19 heavy (non-hydrogen) atoms. The van der Waals surface area contributed by atoms with Gasteiger partial charge in [-0.3, -0.25) is 0 Å². The number of rotatable bonds is 4. The van der Waals surface area contributed by atoms with Crippen molar-refractivity contribution in [1.29, 1.82) is 0 Å². The molecule has 1 heterocycles. The summed E-state index contributed by atoms with van der Waals surface area (Å²) in [4.78, 5) is 0. The first-order valence-electron chi connectivity index (χ1n) is 7.24. The molecule has 3 heteroatoms. The van der Waals surface area contributed by atoms with Gasteiger partial charge in [0.2, 0.25) is 0 Å². The zero-order valence-corrected chi connectivity index (χ0v) is 12.6. The van der Waals surface area contributed by atoms with Gasteiger partial charge in [0.15, 0.2) is 0 Å². The Kier molecular flexibility index (Phi) is 3.77. The Bertz CT molecular complexity index is 439. The second kappa shape index (κ2) is 5.37. The summed E-state index contributed by atoms with van der Waals surface area (Å²) in [5.41, 5.74) is 1.33. The first-order chi connectivity index (χ1) is 9.24. The van der Waals surface area contributed by atoms with Crippen LogP contribution in [-0.4, -0.2) is 24.2 Å². The third-order valence-electron chi connectivity index (χ3n) is 4.67. The fourth-order valence-corrected chi connectivity index (χ4v) is 4.05. The number of hydrogen-bond acceptors (Lipinski definition) is 3. The van der Waals surface area contributed by atoms with Crippen LogP contribution >= 0.6 is 11.8 Å². The molecule has 1 aliphatic heterocycles. The van der Waals surface area contributed by atoms with Gasteiger partial charge in [0.1, 0.15) is 5.75 Å². The Hall–Kier alpha value is -0.670. The maximum absolute atomic E-state index is 5.82. The van der Waals surface area contributed by atoms with Crippen molar-refractivity contribution >= 4 is 11.8 Å². The van der Waals surface area contributed by atoms with E-state index < -0.39 is 0 Å². The molecule has 2 aliphatic rings. The van der Waals surface area contributed by atoms with Crippen LogP contribution in [0, 0.1) is 5.92 Å². The van der Waals surface area contributed by atoms with Crippen LogP contribution in [-0.2, 0) is 0 Å². The van der Waals surface area contributed by atoms with Crippen molar-refractivity contribution in [1.82, 2.24) is 5.32 Å². The Labute approximate surface area is 120 Å². The lowest BCUT2D eigenvalue weighted by Gasteiger charge is -2.43. The molecule has 1 aliphatic carbocycles. The molecule has 1 aromatic carbocycles. The molecule has 2 atom stereocenters. The van der Waals surface area contributed by atoms with E-state index >= 15 is 0 Å². The van der Waals surface area contributed by atoms with Crippen molar-refractivity contribution in [3.05, 3.63) is 29.8 Å². The van der Waals surface area contributed by atoms with Crippen LogP contribution in [0.15, 0.2) is 24.3 Å². The highest BCUT2D eigenvalue weighted by molar-refractivity contribution is 8.00. The fourth-order valence-electron chi connectivity index (χ4n) is 3.12. The summed E-state index contributed by atoms with van der Waals surface area (Å²) in [6, 6.07) is 8.90. The van der Waals surface area contributed by atoms with Crippen molar-refractivity contribution in [3.63, 3.8) is 0 Å². The smallest absolute Gasteiger partial charge is 0.124 e. The SMILES string of the molecule is CSC1(CNC2c3ccccc3OCC2C)CCC1. The van der Waals surface area contributed by atoms with E-state index in [-0.39, 0.29) is 0 Å². The summed E-state index contributed by atoms with van der Waals surface area (Å²) < 4.78 is 6.31. The van der Waals surface area contributed by atoms with Gasteiger partial charge in [-0.2, -0.15) is 11.8 Å². The lowest BCUT2D eigenvalue weighted by Crippen LogP contribution is -2.46. The van der Waals surface area contributed by atoms with Gasteiger partial charge >= 0.3 is 0 Å². The molecule has 1 N–H and O–H groups in total. The Morgan fingerprint density at radius 1 is 1.37 bits per heavy atom. The maximum atomic E-state index is 5.82. The van der Waals surface area contributed by atoms with Gasteiger partial charge in [-0.25, -0.2) is 0 Å². The first-order valence-corrected chi connectivity index (χ1v) is 8.47. The number of para-hydroxylation sites is 1. The predicted octanol–water partition coefficient (Wildman–Crippen LogP) is 3.63. The molecule has 0 bridgehead atoms. The molecule has 3 rings (SSSR count). The van der Waals surface area contributed by atoms with E-state index in [4.69, 9.17) is 4.74 Å². The monoisotopic (exact) mass is 277 g/mol. The highest BCUT2D eigenvalue weighted by Gasteiger charge is 2.37. The molecule has 0 radical (unpaired) electrons. The van der Waals surface area contributed by atoms with Crippen molar-refractivity contribution in [2.45, 2.75) is 37.0 Å². The van der Waals surface area contributed by atoms with Crippen LogP contribution < -0.4 is 10.1 Å².